The molecule has 7 nitrogen and oxygen atoms in total. The number of sulfonamides is 1. The highest BCUT2D eigenvalue weighted by molar-refractivity contribution is 7.88. The molecule has 0 fully saturated rings. The molecule has 2 heterocycles. The number of carbonyl (C=O) groups is 1. The fourth-order valence-electron chi connectivity index (χ4n) is 1.71. The molecule has 0 spiro atoms. The average molecular weight is 338 g/mol. The lowest BCUT2D eigenvalue weighted by atomic mass is 10.3. The molecular formula is C15H18N2O5S. The maximum Gasteiger partial charge on any atom is 0.244 e. The van der Waals surface area contributed by atoms with Crippen molar-refractivity contribution in [1.82, 2.24) is 9.62 Å². The highest BCUT2D eigenvalue weighted by Gasteiger charge is 2.13. The SMILES string of the molecule is CN(Cc1ccc(/C=C/C(=O)NCc2ccco2)o1)S(C)(=O)=O. The normalized spacial score (nSPS) is 12.1. The molecule has 2 aromatic heterocycles. The number of carbonyl (C=O) groups excluding carboxylic acids is 1. The van der Waals surface area contributed by atoms with E-state index in [4.69, 9.17) is 8.83 Å². The van der Waals surface area contributed by atoms with Gasteiger partial charge >= 0.3 is 0 Å². The third-order valence-corrected chi connectivity index (χ3v) is 4.30. The van der Waals surface area contributed by atoms with Gasteiger partial charge in [0.15, 0.2) is 0 Å². The molecule has 0 radical (unpaired) electrons. The summed E-state index contributed by atoms with van der Waals surface area (Å²) in [6.07, 6.45) is 5.52. The summed E-state index contributed by atoms with van der Waals surface area (Å²) in [6, 6.07) is 6.85. The Morgan fingerprint density at radius 1 is 1.30 bits per heavy atom. The zero-order chi connectivity index (χ0) is 16.9. The minimum Gasteiger partial charge on any atom is -0.467 e. The Kier molecular flexibility index (Phi) is 5.41. The van der Waals surface area contributed by atoms with Crippen LogP contribution in [0.5, 0.6) is 0 Å². The smallest absolute Gasteiger partial charge is 0.244 e. The van der Waals surface area contributed by atoms with Crippen molar-refractivity contribution in [2.75, 3.05) is 13.3 Å². The van der Waals surface area contributed by atoms with Crippen LogP contribution in [0.15, 0.2) is 45.4 Å². The quantitative estimate of drug-likeness (QED) is 0.774. The highest BCUT2D eigenvalue weighted by atomic mass is 32.2. The van der Waals surface area contributed by atoms with Crippen LogP contribution in [0.25, 0.3) is 6.08 Å². The predicted molar refractivity (Wildman–Crippen MR) is 84.6 cm³/mol. The molecule has 1 N–H and O–H groups in total. The Balaban J connectivity index is 1.87. The van der Waals surface area contributed by atoms with Crippen LogP contribution in [0.1, 0.15) is 17.3 Å². The molecule has 0 unspecified atom stereocenters. The van der Waals surface area contributed by atoms with Crippen molar-refractivity contribution in [3.63, 3.8) is 0 Å². The van der Waals surface area contributed by atoms with Crippen molar-refractivity contribution in [2.45, 2.75) is 13.1 Å². The molecule has 2 rings (SSSR count). The maximum absolute atomic E-state index is 11.7. The molecule has 0 aliphatic rings. The molecule has 0 atom stereocenters. The van der Waals surface area contributed by atoms with E-state index in [2.05, 4.69) is 5.32 Å². The van der Waals surface area contributed by atoms with E-state index in [1.54, 1.807) is 24.3 Å². The second-order valence-electron chi connectivity index (χ2n) is 4.95. The number of amides is 1. The fraction of sp³-hybridized carbons (Fsp3) is 0.267. The minimum absolute atomic E-state index is 0.136. The molecule has 0 aliphatic carbocycles. The lowest BCUT2D eigenvalue weighted by molar-refractivity contribution is -0.116. The van der Waals surface area contributed by atoms with Gasteiger partial charge in [-0.3, -0.25) is 4.79 Å². The number of furan rings is 2. The lowest BCUT2D eigenvalue weighted by Gasteiger charge is -2.11. The molecule has 0 saturated carbocycles. The van der Waals surface area contributed by atoms with Crippen molar-refractivity contribution >= 4 is 22.0 Å². The van der Waals surface area contributed by atoms with E-state index in [1.165, 1.54) is 29.8 Å². The van der Waals surface area contributed by atoms with Gasteiger partial charge in [-0.15, -0.1) is 0 Å². The van der Waals surface area contributed by atoms with Crippen LogP contribution >= 0.6 is 0 Å². The predicted octanol–water partition coefficient (Wildman–Crippen LogP) is 1.59. The summed E-state index contributed by atoms with van der Waals surface area (Å²) in [6.45, 7) is 0.441. The number of nitrogens with zero attached hydrogens (tertiary/aromatic N) is 1. The van der Waals surface area contributed by atoms with Gasteiger partial charge in [0.2, 0.25) is 15.9 Å². The number of hydrogen-bond acceptors (Lipinski definition) is 5. The summed E-state index contributed by atoms with van der Waals surface area (Å²) in [5.74, 6) is 1.34. The zero-order valence-corrected chi connectivity index (χ0v) is 13.7. The van der Waals surface area contributed by atoms with Crippen molar-refractivity contribution in [3.05, 3.63) is 53.9 Å². The van der Waals surface area contributed by atoms with Gasteiger partial charge in [0, 0.05) is 13.1 Å². The van der Waals surface area contributed by atoms with E-state index < -0.39 is 10.0 Å². The second-order valence-corrected chi connectivity index (χ2v) is 7.04. The Labute approximate surface area is 134 Å². The number of rotatable bonds is 7. The Morgan fingerprint density at radius 3 is 2.74 bits per heavy atom. The first-order valence-corrected chi connectivity index (χ1v) is 8.68. The molecule has 2 aromatic rings. The van der Waals surface area contributed by atoms with Crippen LogP contribution in [0.4, 0.5) is 0 Å². The Hall–Kier alpha value is -2.32. The Morgan fingerprint density at radius 2 is 2.09 bits per heavy atom. The Bertz CT molecular complexity index is 775. The molecule has 0 bridgehead atoms. The summed E-state index contributed by atoms with van der Waals surface area (Å²) in [4.78, 5) is 11.7. The van der Waals surface area contributed by atoms with Crippen molar-refractivity contribution in [3.8, 4) is 0 Å². The van der Waals surface area contributed by atoms with Crippen LogP contribution in [0.2, 0.25) is 0 Å². The first-order chi connectivity index (χ1) is 10.8. The molecular weight excluding hydrogens is 320 g/mol. The average Bonchev–Trinajstić information content (AvgIpc) is 3.13. The summed E-state index contributed by atoms with van der Waals surface area (Å²) in [7, 11) is -1.80. The van der Waals surface area contributed by atoms with Crippen molar-refractivity contribution in [2.24, 2.45) is 0 Å². The lowest BCUT2D eigenvalue weighted by Crippen LogP contribution is -2.24. The monoisotopic (exact) mass is 338 g/mol. The summed E-state index contributed by atoms with van der Waals surface area (Å²) in [5, 5.41) is 2.67. The molecule has 124 valence electrons. The fourth-order valence-corrected chi connectivity index (χ4v) is 2.07. The second kappa shape index (κ2) is 7.30. The summed E-state index contributed by atoms with van der Waals surface area (Å²) >= 11 is 0. The molecule has 0 aliphatic heterocycles. The molecule has 23 heavy (non-hydrogen) atoms. The molecule has 0 saturated heterocycles. The first kappa shape index (κ1) is 17.0. The van der Waals surface area contributed by atoms with Gasteiger partial charge in [-0.2, -0.15) is 4.31 Å². The molecule has 1 amide bonds. The third-order valence-electron chi connectivity index (χ3n) is 3.04. The standard InChI is InChI=1S/C15H18N2O5S/c1-17(23(2,19)20)11-14-6-5-12(22-14)7-8-15(18)16-10-13-4-3-9-21-13/h3-9H,10-11H2,1-2H3,(H,16,18)/b8-7+. The summed E-state index contributed by atoms with van der Waals surface area (Å²) < 4.78 is 34.4. The summed E-state index contributed by atoms with van der Waals surface area (Å²) in [5.41, 5.74) is 0. The zero-order valence-electron chi connectivity index (χ0n) is 12.9. The number of hydrogen-bond donors (Lipinski definition) is 1. The van der Waals surface area contributed by atoms with Crippen LogP contribution in [0, 0.1) is 0 Å². The third kappa shape index (κ3) is 5.42. The largest absolute Gasteiger partial charge is 0.467 e. The van der Waals surface area contributed by atoms with E-state index >= 15 is 0 Å². The van der Waals surface area contributed by atoms with E-state index in [1.807, 2.05) is 0 Å². The maximum atomic E-state index is 11.7. The van der Waals surface area contributed by atoms with Crippen LogP contribution < -0.4 is 5.32 Å². The van der Waals surface area contributed by atoms with Crippen LogP contribution in [0.3, 0.4) is 0 Å². The van der Waals surface area contributed by atoms with Gasteiger partial charge in [0.25, 0.3) is 0 Å². The van der Waals surface area contributed by atoms with Gasteiger partial charge in [-0.05, 0) is 30.3 Å². The van der Waals surface area contributed by atoms with Gasteiger partial charge in [-0.25, -0.2) is 8.42 Å². The van der Waals surface area contributed by atoms with Gasteiger partial charge in [-0.1, -0.05) is 0 Å². The van der Waals surface area contributed by atoms with E-state index in [-0.39, 0.29) is 12.5 Å². The van der Waals surface area contributed by atoms with E-state index in [9.17, 15) is 13.2 Å². The van der Waals surface area contributed by atoms with Gasteiger partial charge < -0.3 is 14.2 Å². The molecule has 8 heteroatoms. The van der Waals surface area contributed by atoms with Gasteiger partial charge in [0.1, 0.15) is 17.3 Å². The minimum atomic E-state index is -3.26. The highest BCUT2D eigenvalue weighted by Crippen LogP contribution is 2.12. The van der Waals surface area contributed by atoms with Crippen molar-refractivity contribution in [1.29, 1.82) is 0 Å². The molecule has 0 aromatic carbocycles. The topological polar surface area (TPSA) is 92.8 Å². The van der Waals surface area contributed by atoms with E-state index in [0.717, 1.165) is 6.26 Å². The van der Waals surface area contributed by atoms with Crippen molar-refractivity contribution < 1.29 is 22.0 Å². The van der Waals surface area contributed by atoms with Crippen LogP contribution in [-0.4, -0.2) is 31.9 Å². The van der Waals surface area contributed by atoms with Crippen LogP contribution in [-0.2, 0) is 27.9 Å². The van der Waals surface area contributed by atoms with Gasteiger partial charge in [0.05, 0.1) is 25.6 Å². The van der Waals surface area contributed by atoms with E-state index in [0.29, 0.717) is 23.8 Å². The number of nitrogens with one attached hydrogen (secondary N) is 1. The first-order valence-electron chi connectivity index (χ1n) is 6.83.